The number of hydrogen-bond acceptors (Lipinski definition) is 4. The number of nitrogens with one attached hydrogen (secondary N) is 1. The normalized spacial score (nSPS) is 11.6. The Morgan fingerprint density at radius 1 is 1.14 bits per heavy atom. The Hall–Kier alpha value is -2.60. The van der Waals surface area contributed by atoms with E-state index in [0.29, 0.717) is 6.54 Å². The van der Waals surface area contributed by atoms with Gasteiger partial charge in [-0.1, -0.05) is 30.3 Å². The molecule has 1 aromatic carbocycles. The molecule has 28 heavy (non-hydrogen) atoms. The lowest BCUT2D eigenvalue weighted by Crippen LogP contribution is -2.41. The molecule has 0 atom stereocenters. The molecular formula is C22H28N4OS. The van der Waals surface area contributed by atoms with Gasteiger partial charge in [0.2, 0.25) is 0 Å². The highest BCUT2D eigenvalue weighted by atomic mass is 32.1. The molecule has 2 aromatic heterocycles. The maximum absolute atomic E-state index is 5.41. The molecule has 0 fully saturated rings. The number of aryl methyl sites for hydroxylation is 1. The van der Waals surface area contributed by atoms with Crippen LogP contribution >= 0.6 is 11.3 Å². The van der Waals surface area contributed by atoms with Crippen LogP contribution in [-0.2, 0) is 19.3 Å². The predicted molar refractivity (Wildman–Crippen MR) is 116 cm³/mol. The minimum Gasteiger partial charge on any atom is -0.469 e. The molecule has 0 bridgehead atoms. The first-order valence-corrected chi connectivity index (χ1v) is 10.5. The highest BCUT2D eigenvalue weighted by Crippen LogP contribution is 2.12. The number of likely N-dealkylation sites (N-methyl/N-ethyl adjacent to an activating group) is 1. The van der Waals surface area contributed by atoms with Gasteiger partial charge in [0.1, 0.15) is 5.76 Å². The van der Waals surface area contributed by atoms with Crippen LogP contribution in [0.5, 0.6) is 0 Å². The number of guanidine groups is 1. The van der Waals surface area contributed by atoms with Crippen LogP contribution in [0, 0.1) is 6.92 Å². The fourth-order valence-corrected chi connectivity index (χ4v) is 3.66. The third-order valence-electron chi connectivity index (χ3n) is 4.43. The van der Waals surface area contributed by atoms with Gasteiger partial charge in [-0.3, -0.25) is 4.99 Å². The Kier molecular flexibility index (Phi) is 7.67. The van der Waals surface area contributed by atoms with Gasteiger partial charge in [0, 0.05) is 50.6 Å². The van der Waals surface area contributed by atoms with Crippen molar-refractivity contribution < 1.29 is 4.42 Å². The van der Waals surface area contributed by atoms with Crippen LogP contribution in [0.15, 0.2) is 64.3 Å². The Balaban J connectivity index is 1.55. The van der Waals surface area contributed by atoms with E-state index in [1.54, 1.807) is 17.6 Å². The Labute approximate surface area is 171 Å². The van der Waals surface area contributed by atoms with E-state index in [1.165, 1.54) is 15.4 Å². The molecule has 148 valence electrons. The maximum Gasteiger partial charge on any atom is 0.193 e. The SMILES string of the molecule is Cc1cnc(CCN(C)C(=NCCc2ccco2)NCCc2ccccc2)s1. The summed E-state index contributed by atoms with van der Waals surface area (Å²) in [6, 6.07) is 14.4. The molecule has 0 saturated carbocycles. The van der Waals surface area contributed by atoms with Gasteiger partial charge in [-0.05, 0) is 31.0 Å². The first-order valence-electron chi connectivity index (χ1n) is 9.68. The van der Waals surface area contributed by atoms with Crippen molar-refractivity contribution in [1.82, 2.24) is 15.2 Å². The van der Waals surface area contributed by atoms with Crippen LogP contribution in [-0.4, -0.2) is 42.5 Å². The van der Waals surface area contributed by atoms with Crippen molar-refractivity contribution in [3.05, 3.63) is 76.1 Å². The fraction of sp³-hybridized carbons (Fsp3) is 0.364. The molecule has 0 aliphatic heterocycles. The summed E-state index contributed by atoms with van der Waals surface area (Å²) in [6.45, 7) is 4.52. The summed E-state index contributed by atoms with van der Waals surface area (Å²) in [7, 11) is 2.09. The number of hydrogen-bond donors (Lipinski definition) is 1. The zero-order valence-corrected chi connectivity index (χ0v) is 17.4. The van der Waals surface area contributed by atoms with Crippen molar-refractivity contribution in [3.8, 4) is 0 Å². The highest BCUT2D eigenvalue weighted by Gasteiger charge is 2.08. The predicted octanol–water partition coefficient (Wildman–Crippen LogP) is 3.95. The molecule has 3 rings (SSSR count). The summed E-state index contributed by atoms with van der Waals surface area (Å²) in [4.78, 5) is 12.7. The van der Waals surface area contributed by atoms with Crippen molar-refractivity contribution in [2.24, 2.45) is 4.99 Å². The molecule has 3 aromatic rings. The molecule has 6 heteroatoms. The van der Waals surface area contributed by atoms with Crippen molar-refractivity contribution in [3.63, 3.8) is 0 Å². The number of furan rings is 1. The van der Waals surface area contributed by atoms with Gasteiger partial charge in [-0.25, -0.2) is 4.98 Å². The van der Waals surface area contributed by atoms with E-state index in [0.717, 1.165) is 44.1 Å². The lowest BCUT2D eigenvalue weighted by molar-refractivity contribution is 0.480. The molecule has 0 aliphatic carbocycles. The van der Waals surface area contributed by atoms with Gasteiger partial charge in [0.05, 0.1) is 11.3 Å². The maximum atomic E-state index is 5.41. The Morgan fingerprint density at radius 3 is 2.71 bits per heavy atom. The van der Waals surface area contributed by atoms with Crippen LogP contribution in [0.3, 0.4) is 0 Å². The molecule has 0 amide bonds. The van der Waals surface area contributed by atoms with E-state index >= 15 is 0 Å². The Morgan fingerprint density at radius 2 is 2.00 bits per heavy atom. The Bertz CT molecular complexity index is 843. The number of benzene rings is 1. The number of aliphatic imine (C=N–C) groups is 1. The van der Waals surface area contributed by atoms with Crippen LogP contribution < -0.4 is 5.32 Å². The van der Waals surface area contributed by atoms with Crippen molar-refractivity contribution in [2.75, 3.05) is 26.7 Å². The molecule has 0 aliphatic rings. The topological polar surface area (TPSA) is 53.7 Å². The van der Waals surface area contributed by atoms with E-state index in [9.17, 15) is 0 Å². The molecule has 0 radical (unpaired) electrons. The zero-order valence-electron chi connectivity index (χ0n) is 16.6. The first-order chi connectivity index (χ1) is 13.7. The van der Waals surface area contributed by atoms with E-state index in [-0.39, 0.29) is 0 Å². The number of nitrogens with zero attached hydrogens (tertiary/aromatic N) is 3. The van der Waals surface area contributed by atoms with Gasteiger partial charge >= 0.3 is 0 Å². The van der Waals surface area contributed by atoms with Crippen LogP contribution in [0.2, 0.25) is 0 Å². The largest absolute Gasteiger partial charge is 0.469 e. The molecule has 5 nitrogen and oxygen atoms in total. The monoisotopic (exact) mass is 396 g/mol. The van der Waals surface area contributed by atoms with E-state index in [2.05, 4.69) is 53.4 Å². The average molecular weight is 397 g/mol. The zero-order chi connectivity index (χ0) is 19.6. The summed E-state index contributed by atoms with van der Waals surface area (Å²) < 4.78 is 5.41. The van der Waals surface area contributed by atoms with Crippen LogP contribution in [0.4, 0.5) is 0 Å². The quantitative estimate of drug-likeness (QED) is 0.440. The van der Waals surface area contributed by atoms with E-state index < -0.39 is 0 Å². The first kappa shape index (κ1) is 20.1. The van der Waals surface area contributed by atoms with E-state index in [4.69, 9.17) is 9.41 Å². The molecule has 2 heterocycles. The lowest BCUT2D eigenvalue weighted by Gasteiger charge is -2.22. The average Bonchev–Trinajstić information content (AvgIpc) is 3.37. The summed E-state index contributed by atoms with van der Waals surface area (Å²) >= 11 is 1.76. The van der Waals surface area contributed by atoms with Gasteiger partial charge in [0.15, 0.2) is 5.96 Å². The molecular weight excluding hydrogens is 368 g/mol. The van der Waals surface area contributed by atoms with Crippen molar-refractivity contribution in [1.29, 1.82) is 0 Å². The second kappa shape index (κ2) is 10.7. The van der Waals surface area contributed by atoms with E-state index in [1.807, 2.05) is 24.4 Å². The molecule has 0 saturated heterocycles. The second-order valence-electron chi connectivity index (χ2n) is 6.73. The molecule has 1 N–H and O–H groups in total. The van der Waals surface area contributed by atoms with Gasteiger partial charge < -0.3 is 14.6 Å². The smallest absolute Gasteiger partial charge is 0.193 e. The number of thiazole rings is 1. The summed E-state index contributed by atoms with van der Waals surface area (Å²) in [5.74, 6) is 1.89. The van der Waals surface area contributed by atoms with Gasteiger partial charge in [-0.2, -0.15) is 0 Å². The molecule has 0 unspecified atom stereocenters. The minimum atomic E-state index is 0.696. The summed E-state index contributed by atoms with van der Waals surface area (Å²) in [5, 5.41) is 4.69. The lowest BCUT2D eigenvalue weighted by atomic mass is 10.1. The minimum absolute atomic E-state index is 0.696. The van der Waals surface area contributed by atoms with Crippen LogP contribution in [0.25, 0.3) is 0 Å². The van der Waals surface area contributed by atoms with Gasteiger partial charge in [0.25, 0.3) is 0 Å². The third kappa shape index (κ3) is 6.53. The summed E-state index contributed by atoms with van der Waals surface area (Å²) in [5.41, 5.74) is 1.32. The highest BCUT2D eigenvalue weighted by molar-refractivity contribution is 7.11. The summed E-state index contributed by atoms with van der Waals surface area (Å²) in [6.07, 6.45) is 6.34. The van der Waals surface area contributed by atoms with Crippen molar-refractivity contribution in [2.45, 2.75) is 26.2 Å². The number of aromatic nitrogens is 1. The second-order valence-corrected chi connectivity index (χ2v) is 8.05. The van der Waals surface area contributed by atoms with Crippen molar-refractivity contribution >= 4 is 17.3 Å². The van der Waals surface area contributed by atoms with Gasteiger partial charge in [-0.15, -0.1) is 11.3 Å². The molecule has 0 spiro atoms. The number of rotatable bonds is 9. The standard InChI is InChI=1S/C22H28N4OS/c1-18-17-25-21(28-18)12-15-26(2)22(24-14-11-20-9-6-16-27-20)23-13-10-19-7-4-3-5-8-19/h3-9,16-17H,10-15H2,1-2H3,(H,23,24). The fourth-order valence-electron chi connectivity index (χ4n) is 2.89. The third-order valence-corrected chi connectivity index (χ3v) is 5.40. The van der Waals surface area contributed by atoms with Crippen LogP contribution in [0.1, 0.15) is 21.2 Å².